The normalized spacial score (nSPS) is 14.4. The summed E-state index contributed by atoms with van der Waals surface area (Å²) in [7, 11) is 0. The topological polar surface area (TPSA) is 78.4 Å². The molecule has 1 fully saturated rings. The fraction of sp³-hybridized carbons (Fsp3) is 0.318. The Bertz CT molecular complexity index is 1160. The van der Waals surface area contributed by atoms with Crippen LogP contribution in [-0.2, 0) is 11.3 Å². The van der Waals surface area contributed by atoms with Gasteiger partial charge in [0.25, 0.3) is 11.1 Å². The number of anilines is 1. The molecule has 7 nitrogen and oxygen atoms in total. The molecule has 29 heavy (non-hydrogen) atoms. The molecule has 4 rings (SSSR count). The number of carbonyl (C=O) groups excluding carboxylic acids is 1. The number of aryl methyl sites for hydroxylation is 2. The van der Waals surface area contributed by atoms with Gasteiger partial charge in [-0.1, -0.05) is 24.3 Å². The first-order valence-electron chi connectivity index (χ1n) is 9.84. The van der Waals surface area contributed by atoms with E-state index in [2.05, 4.69) is 35.1 Å². The number of benzene rings is 2. The van der Waals surface area contributed by atoms with Gasteiger partial charge < -0.3 is 9.80 Å². The molecule has 1 N–H and O–H groups in total. The highest BCUT2D eigenvalue weighted by Gasteiger charge is 2.21. The van der Waals surface area contributed by atoms with Crippen molar-refractivity contribution in [3.63, 3.8) is 0 Å². The predicted molar refractivity (Wildman–Crippen MR) is 113 cm³/mol. The minimum absolute atomic E-state index is 0.00481. The third kappa shape index (κ3) is 3.94. The molecule has 0 unspecified atom stereocenters. The molecule has 0 saturated carbocycles. The van der Waals surface area contributed by atoms with E-state index in [1.54, 1.807) is 24.3 Å². The molecule has 1 aliphatic rings. The maximum atomic E-state index is 12.6. The lowest BCUT2D eigenvalue weighted by atomic mass is 10.2. The van der Waals surface area contributed by atoms with Crippen molar-refractivity contribution in [2.24, 2.45) is 0 Å². The van der Waals surface area contributed by atoms with E-state index in [-0.39, 0.29) is 30.0 Å². The van der Waals surface area contributed by atoms with E-state index in [1.807, 2.05) is 11.0 Å². The van der Waals surface area contributed by atoms with E-state index >= 15 is 0 Å². The molecule has 7 heteroatoms. The van der Waals surface area contributed by atoms with Crippen LogP contribution in [0.3, 0.4) is 0 Å². The van der Waals surface area contributed by atoms with E-state index in [1.165, 1.54) is 15.9 Å². The van der Waals surface area contributed by atoms with Crippen molar-refractivity contribution >= 4 is 22.4 Å². The molecule has 3 aromatic rings. The summed E-state index contributed by atoms with van der Waals surface area (Å²) in [6, 6.07) is 15.1. The fourth-order valence-corrected chi connectivity index (χ4v) is 3.81. The first-order chi connectivity index (χ1) is 14.0. The summed E-state index contributed by atoms with van der Waals surface area (Å²) in [6.45, 7) is 5.09. The highest BCUT2D eigenvalue weighted by molar-refractivity contribution is 5.80. The number of nitrogens with one attached hydrogen (secondary N) is 1. The quantitative estimate of drug-likeness (QED) is 0.734. The summed E-state index contributed by atoms with van der Waals surface area (Å²) in [5.74, 6) is -0.00481. The molecule has 1 amide bonds. The lowest BCUT2D eigenvalue weighted by molar-refractivity contribution is -0.131. The Hall–Kier alpha value is -3.35. The average Bonchev–Trinajstić information content (AvgIpc) is 2.75. The smallest absolute Gasteiger partial charge is 0.273 e. The van der Waals surface area contributed by atoms with Crippen LogP contribution in [0.25, 0.3) is 10.8 Å². The summed E-state index contributed by atoms with van der Waals surface area (Å²) in [6.07, 6.45) is 0.179. The van der Waals surface area contributed by atoms with Crippen LogP contribution in [0.1, 0.15) is 12.0 Å². The summed E-state index contributed by atoms with van der Waals surface area (Å²) in [5.41, 5.74) is 1.80. The number of fused-ring (bicyclic) bond motifs is 1. The number of piperazine rings is 1. The maximum Gasteiger partial charge on any atom is 0.273 e. The van der Waals surface area contributed by atoms with Gasteiger partial charge in [0.15, 0.2) is 0 Å². The number of amides is 1. The van der Waals surface area contributed by atoms with Crippen LogP contribution in [0.4, 0.5) is 5.69 Å². The Kier molecular flexibility index (Phi) is 5.20. The van der Waals surface area contributed by atoms with Crippen LogP contribution in [0, 0.1) is 6.92 Å². The number of aromatic amines is 1. The van der Waals surface area contributed by atoms with Gasteiger partial charge in [0.1, 0.15) is 0 Å². The van der Waals surface area contributed by atoms with Gasteiger partial charge in [0, 0.05) is 38.3 Å². The van der Waals surface area contributed by atoms with Crippen LogP contribution in [0.2, 0.25) is 0 Å². The van der Waals surface area contributed by atoms with Crippen molar-refractivity contribution in [3.8, 4) is 0 Å². The second kappa shape index (κ2) is 7.95. The van der Waals surface area contributed by atoms with Crippen LogP contribution in [0.15, 0.2) is 58.1 Å². The van der Waals surface area contributed by atoms with Crippen molar-refractivity contribution in [1.29, 1.82) is 0 Å². The van der Waals surface area contributed by atoms with Crippen LogP contribution in [-0.4, -0.2) is 46.8 Å². The van der Waals surface area contributed by atoms with Gasteiger partial charge in [-0.3, -0.25) is 19.5 Å². The Morgan fingerprint density at radius 2 is 1.69 bits per heavy atom. The first-order valence-corrected chi connectivity index (χ1v) is 9.84. The third-order valence-electron chi connectivity index (χ3n) is 5.43. The van der Waals surface area contributed by atoms with E-state index in [0.717, 1.165) is 13.1 Å². The largest absolute Gasteiger partial charge is 0.368 e. The van der Waals surface area contributed by atoms with Crippen molar-refractivity contribution in [2.45, 2.75) is 19.9 Å². The van der Waals surface area contributed by atoms with Gasteiger partial charge in [-0.15, -0.1) is 0 Å². The van der Waals surface area contributed by atoms with Crippen LogP contribution < -0.4 is 16.0 Å². The zero-order valence-corrected chi connectivity index (χ0v) is 16.4. The molecule has 0 radical (unpaired) electrons. The Labute approximate surface area is 168 Å². The molecule has 1 aromatic heterocycles. The maximum absolute atomic E-state index is 12.6. The third-order valence-corrected chi connectivity index (χ3v) is 5.43. The van der Waals surface area contributed by atoms with Crippen molar-refractivity contribution < 1.29 is 4.79 Å². The highest BCUT2D eigenvalue weighted by Crippen LogP contribution is 2.18. The summed E-state index contributed by atoms with van der Waals surface area (Å²) in [5, 5.41) is 3.32. The highest BCUT2D eigenvalue weighted by atomic mass is 16.2. The molecule has 1 aliphatic heterocycles. The number of H-pyrrole nitrogens is 1. The number of aromatic nitrogens is 2. The molecule has 2 heterocycles. The molecule has 150 valence electrons. The summed E-state index contributed by atoms with van der Waals surface area (Å²) in [4.78, 5) is 41.5. The van der Waals surface area contributed by atoms with E-state index in [9.17, 15) is 14.4 Å². The van der Waals surface area contributed by atoms with Crippen LogP contribution >= 0.6 is 0 Å². The second-order valence-corrected chi connectivity index (χ2v) is 7.40. The number of rotatable bonds is 4. The molecular weight excluding hydrogens is 368 g/mol. The molecule has 2 aromatic carbocycles. The molecule has 1 saturated heterocycles. The predicted octanol–water partition coefficient (Wildman–Crippen LogP) is 1.74. The zero-order chi connectivity index (χ0) is 20.4. The SMILES string of the molecule is Cc1cccc(N2CCN(C(=O)CCn3[nH]c(=O)c4ccccc4c3=O)CC2)c1. The van der Waals surface area contributed by atoms with Gasteiger partial charge in [-0.25, -0.2) is 4.68 Å². The van der Waals surface area contributed by atoms with Crippen molar-refractivity contribution in [3.05, 3.63) is 74.8 Å². The van der Waals surface area contributed by atoms with Gasteiger partial charge >= 0.3 is 0 Å². The first kappa shape index (κ1) is 19.0. The minimum Gasteiger partial charge on any atom is -0.368 e. The Morgan fingerprint density at radius 3 is 2.41 bits per heavy atom. The number of hydrogen-bond donors (Lipinski definition) is 1. The van der Waals surface area contributed by atoms with Gasteiger partial charge in [0.05, 0.1) is 17.3 Å². The minimum atomic E-state index is -0.320. The lowest BCUT2D eigenvalue weighted by Crippen LogP contribution is -2.49. The number of carbonyl (C=O) groups is 1. The zero-order valence-electron chi connectivity index (χ0n) is 16.4. The Morgan fingerprint density at radius 1 is 0.966 bits per heavy atom. The molecule has 0 atom stereocenters. The number of nitrogens with zero attached hydrogens (tertiary/aromatic N) is 3. The Balaban J connectivity index is 1.39. The summed E-state index contributed by atoms with van der Waals surface area (Å²) >= 11 is 0. The van der Waals surface area contributed by atoms with E-state index < -0.39 is 0 Å². The van der Waals surface area contributed by atoms with E-state index in [0.29, 0.717) is 23.9 Å². The lowest BCUT2D eigenvalue weighted by Gasteiger charge is -2.36. The van der Waals surface area contributed by atoms with Gasteiger partial charge in [-0.05, 0) is 36.8 Å². The number of hydrogen-bond acceptors (Lipinski definition) is 4. The van der Waals surface area contributed by atoms with Gasteiger partial charge in [0.2, 0.25) is 5.91 Å². The summed E-state index contributed by atoms with van der Waals surface area (Å²) < 4.78 is 1.24. The van der Waals surface area contributed by atoms with Crippen molar-refractivity contribution in [2.75, 3.05) is 31.1 Å². The van der Waals surface area contributed by atoms with E-state index in [4.69, 9.17) is 0 Å². The molecular formula is C22H24N4O3. The van der Waals surface area contributed by atoms with Crippen LogP contribution in [0.5, 0.6) is 0 Å². The second-order valence-electron chi connectivity index (χ2n) is 7.40. The van der Waals surface area contributed by atoms with Crippen molar-refractivity contribution in [1.82, 2.24) is 14.7 Å². The fourth-order valence-electron chi connectivity index (χ4n) is 3.81. The molecule has 0 aliphatic carbocycles. The monoisotopic (exact) mass is 392 g/mol. The molecule has 0 spiro atoms. The standard InChI is InChI=1S/C22H24N4O3/c1-16-5-4-6-17(15-16)24-11-13-25(14-12-24)20(27)9-10-26-22(29)19-8-3-2-7-18(19)21(28)23-26/h2-8,15H,9-14H2,1H3,(H,23,28). The molecule has 0 bridgehead atoms. The average molecular weight is 392 g/mol. The van der Waals surface area contributed by atoms with Gasteiger partial charge in [-0.2, -0.15) is 0 Å².